The molecule has 1 aromatic heterocycles. The lowest BCUT2D eigenvalue weighted by molar-refractivity contribution is 0.102. The molecule has 0 atom stereocenters. The van der Waals surface area contributed by atoms with Crippen LogP contribution in [0.25, 0.3) is 0 Å². The van der Waals surface area contributed by atoms with E-state index >= 15 is 0 Å². The third-order valence-corrected chi connectivity index (χ3v) is 3.04. The van der Waals surface area contributed by atoms with Gasteiger partial charge in [0.1, 0.15) is 11.4 Å². The lowest BCUT2D eigenvalue weighted by Gasteiger charge is -2.11. The van der Waals surface area contributed by atoms with Crippen molar-refractivity contribution < 1.29 is 24.9 Å². The van der Waals surface area contributed by atoms with Crippen molar-refractivity contribution >= 4 is 17.9 Å². The summed E-state index contributed by atoms with van der Waals surface area (Å²) in [6.45, 7) is -0.865. The molecule has 0 aliphatic carbocycles. The van der Waals surface area contributed by atoms with Crippen LogP contribution in [0.15, 0.2) is 30.5 Å². The molecule has 0 aliphatic heterocycles. The zero-order valence-corrected chi connectivity index (χ0v) is 11.5. The Hall–Kier alpha value is -2.77. The van der Waals surface area contributed by atoms with E-state index in [0.717, 1.165) is 0 Å². The van der Waals surface area contributed by atoms with Crippen molar-refractivity contribution in [1.29, 1.82) is 0 Å². The van der Waals surface area contributed by atoms with Crippen LogP contribution in [0.4, 0.5) is 5.69 Å². The average molecular weight is 302 g/mol. The van der Waals surface area contributed by atoms with E-state index in [9.17, 15) is 24.9 Å². The van der Waals surface area contributed by atoms with Gasteiger partial charge >= 0.3 is 0 Å². The molecule has 0 fully saturated rings. The molecule has 114 valence electrons. The number of hydrogen-bond donors (Lipinski definition) is 4. The molecule has 7 nitrogen and oxygen atoms in total. The van der Waals surface area contributed by atoms with Gasteiger partial charge in [-0.05, 0) is 24.3 Å². The molecule has 0 saturated heterocycles. The molecule has 2 aromatic rings. The lowest BCUT2D eigenvalue weighted by Crippen LogP contribution is -2.13. The number of carbonyl (C=O) groups is 2. The Balaban J connectivity index is 2.25. The second kappa shape index (κ2) is 6.79. The van der Waals surface area contributed by atoms with E-state index in [-0.39, 0.29) is 28.1 Å². The van der Waals surface area contributed by atoms with Gasteiger partial charge in [0.15, 0.2) is 6.29 Å². The number of pyridine rings is 1. The summed E-state index contributed by atoms with van der Waals surface area (Å²) in [4.78, 5) is 26.4. The third-order valence-electron chi connectivity index (χ3n) is 3.04. The molecule has 0 bridgehead atoms. The van der Waals surface area contributed by atoms with Gasteiger partial charge in [-0.25, -0.2) is 0 Å². The van der Waals surface area contributed by atoms with Gasteiger partial charge < -0.3 is 20.6 Å². The van der Waals surface area contributed by atoms with Gasteiger partial charge in [0, 0.05) is 23.0 Å². The van der Waals surface area contributed by atoms with E-state index in [1.165, 1.54) is 30.5 Å². The Morgan fingerprint density at radius 3 is 2.27 bits per heavy atom. The monoisotopic (exact) mass is 302 g/mol. The minimum absolute atomic E-state index is 0.191. The van der Waals surface area contributed by atoms with Gasteiger partial charge in [-0.3, -0.25) is 14.6 Å². The Bertz CT molecular complexity index is 673. The molecule has 22 heavy (non-hydrogen) atoms. The van der Waals surface area contributed by atoms with Gasteiger partial charge in [0.05, 0.1) is 18.8 Å². The molecule has 0 spiro atoms. The van der Waals surface area contributed by atoms with Crippen LogP contribution in [0.1, 0.15) is 32.0 Å². The summed E-state index contributed by atoms with van der Waals surface area (Å²) in [6.07, 6.45) is 1.84. The SMILES string of the molecule is O=Cc1ccc(C(=O)Nc2cc(CO)c(O)c(CO)c2)cn1. The van der Waals surface area contributed by atoms with Crippen LogP contribution in [-0.2, 0) is 13.2 Å². The van der Waals surface area contributed by atoms with Gasteiger partial charge in [0.2, 0.25) is 0 Å². The molecular formula is C15H14N2O5. The van der Waals surface area contributed by atoms with Crippen molar-refractivity contribution in [1.82, 2.24) is 4.98 Å². The number of nitrogens with one attached hydrogen (secondary N) is 1. The first-order valence-electron chi connectivity index (χ1n) is 6.38. The molecule has 4 N–H and O–H groups in total. The van der Waals surface area contributed by atoms with Crippen molar-refractivity contribution in [2.24, 2.45) is 0 Å². The van der Waals surface area contributed by atoms with Gasteiger partial charge in [-0.2, -0.15) is 0 Å². The van der Waals surface area contributed by atoms with Crippen LogP contribution < -0.4 is 5.32 Å². The number of rotatable bonds is 5. The highest BCUT2D eigenvalue weighted by atomic mass is 16.3. The second-order valence-electron chi connectivity index (χ2n) is 4.50. The first-order valence-corrected chi connectivity index (χ1v) is 6.38. The maximum Gasteiger partial charge on any atom is 0.257 e. The Morgan fingerprint density at radius 1 is 1.18 bits per heavy atom. The average Bonchev–Trinajstić information content (AvgIpc) is 2.56. The topological polar surface area (TPSA) is 120 Å². The Labute approximate surface area is 125 Å². The number of aliphatic hydroxyl groups excluding tert-OH is 2. The zero-order valence-electron chi connectivity index (χ0n) is 11.5. The number of aromatic nitrogens is 1. The number of amides is 1. The van der Waals surface area contributed by atoms with Crippen LogP contribution in [0.5, 0.6) is 5.75 Å². The number of hydrogen-bond acceptors (Lipinski definition) is 6. The minimum Gasteiger partial charge on any atom is -0.507 e. The zero-order chi connectivity index (χ0) is 16.1. The maximum atomic E-state index is 12.1. The highest BCUT2D eigenvalue weighted by Gasteiger charge is 2.12. The lowest BCUT2D eigenvalue weighted by atomic mass is 10.1. The van der Waals surface area contributed by atoms with E-state index in [1.807, 2.05) is 0 Å². The maximum absolute atomic E-state index is 12.1. The minimum atomic E-state index is -0.469. The van der Waals surface area contributed by atoms with Crippen molar-refractivity contribution in [3.8, 4) is 5.75 Å². The summed E-state index contributed by atoms with van der Waals surface area (Å²) in [5.74, 6) is -0.677. The predicted molar refractivity (Wildman–Crippen MR) is 77.5 cm³/mol. The fraction of sp³-hybridized carbons (Fsp3) is 0.133. The highest BCUT2D eigenvalue weighted by molar-refractivity contribution is 6.04. The largest absolute Gasteiger partial charge is 0.507 e. The van der Waals surface area contributed by atoms with Gasteiger partial charge in [0.25, 0.3) is 5.91 Å². The van der Waals surface area contributed by atoms with Gasteiger partial charge in [-0.15, -0.1) is 0 Å². The van der Waals surface area contributed by atoms with E-state index in [4.69, 9.17) is 0 Å². The molecule has 0 unspecified atom stereocenters. The van der Waals surface area contributed by atoms with Crippen LogP contribution >= 0.6 is 0 Å². The summed E-state index contributed by atoms with van der Waals surface area (Å²) in [5.41, 5.74) is 1.16. The van der Waals surface area contributed by atoms with Crippen molar-refractivity contribution in [2.75, 3.05) is 5.32 Å². The number of anilines is 1. The molecule has 7 heteroatoms. The van der Waals surface area contributed by atoms with Crippen molar-refractivity contribution in [2.45, 2.75) is 13.2 Å². The first kappa shape index (κ1) is 15.6. The summed E-state index contributed by atoms with van der Waals surface area (Å²) < 4.78 is 0. The number of aldehydes is 1. The van der Waals surface area contributed by atoms with E-state index < -0.39 is 19.1 Å². The summed E-state index contributed by atoms with van der Waals surface area (Å²) in [7, 11) is 0. The molecule has 0 saturated carbocycles. The fourth-order valence-electron chi connectivity index (χ4n) is 1.89. The molecule has 1 amide bonds. The number of aromatic hydroxyl groups is 1. The fourth-order valence-corrected chi connectivity index (χ4v) is 1.89. The first-order chi connectivity index (χ1) is 10.6. The molecule has 0 radical (unpaired) electrons. The van der Waals surface area contributed by atoms with Crippen molar-refractivity contribution in [3.05, 3.63) is 52.8 Å². The number of phenols is 1. The molecular weight excluding hydrogens is 288 g/mol. The quantitative estimate of drug-likeness (QED) is 0.480. The smallest absolute Gasteiger partial charge is 0.257 e. The van der Waals surface area contributed by atoms with E-state index in [2.05, 4.69) is 10.3 Å². The van der Waals surface area contributed by atoms with Gasteiger partial charge in [-0.1, -0.05) is 0 Å². The Morgan fingerprint density at radius 2 is 1.82 bits per heavy atom. The van der Waals surface area contributed by atoms with E-state index in [0.29, 0.717) is 12.0 Å². The number of benzene rings is 1. The second-order valence-corrected chi connectivity index (χ2v) is 4.50. The summed E-state index contributed by atoms with van der Waals surface area (Å²) in [5, 5.41) is 30.7. The van der Waals surface area contributed by atoms with Crippen molar-refractivity contribution in [3.63, 3.8) is 0 Å². The molecule has 1 heterocycles. The molecule has 1 aromatic carbocycles. The van der Waals surface area contributed by atoms with Crippen LogP contribution in [-0.4, -0.2) is 32.5 Å². The Kier molecular flexibility index (Phi) is 4.82. The molecule has 2 rings (SSSR count). The van der Waals surface area contributed by atoms with Crippen LogP contribution in [0.2, 0.25) is 0 Å². The highest BCUT2D eigenvalue weighted by Crippen LogP contribution is 2.27. The van der Waals surface area contributed by atoms with Crippen LogP contribution in [0.3, 0.4) is 0 Å². The normalized spacial score (nSPS) is 10.3. The summed E-state index contributed by atoms with van der Waals surface area (Å²) in [6, 6.07) is 5.67. The number of carbonyl (C=O) groups excluding carboxylic acids is 2. The summed E-state index contributed by atoms with van der Waals surface area (Å²) >= 11 is 0. The molecule has 0 aliphatic rings. The van der Waals surface area contributed by atoms with Crippen LogP contribution in [0, 0.1) is 0 Å². The standard InChI is InChI=1S/C15H14N2O5/c18-6-10-3-13(4-11(7-19)14(10)21)17-15(22)9-1-2-12(8-20)16-5-9/h1-5,8,18-19,21H,6-7H2,(H,17,22). The number of nitrogens with zero attached hydrogens (tertiary/aromatic N) is 1. The third kappa shape index (κ3) is 3.27. The predicted octanol–water partition coefficient (Wildman–Crippen LogP) is 0.837. The van der Waals surface area contributed by atoms with E-state index in [1.54, 1.807) is 0 Å². The number of aliphatic hydroxyl groups is 2.